The number of hydrogen-bond donors (Lipinski definition) is 1. The largest absolute Gasteiger partial charge is 0.457 e. The smallest absolute Gasteiger partial charge is 0.414 e. The van der Waals surface area contributed by atoms with Gasteiger partial charge >= 0.3 is 7.60 Å². The Morgan fingerprint density at radius 1 is 0.742 bits per heavy atom. The van der Waals surface area contributed by atoms with Crippen molar-refractivity contribution in [2.24, 2.45) is 0 Å². The molecule has 4 rings (SSSR count). The van der Waals surface area contributed by atoms with E-state index in [1.807, 2.05) is 85.8 Å². The van der Waals surface area contributed by atoms with E-state index in [4.69, 9.17) is 9.05 Å². The van der Waals surface area contributed by atoms with Crippen molar-refractivity contribution in [3.8, 4) is 11.5 Å². The zero-order valence-electron chi connectivity index (χ0n) is 17.1. The number of benzene rings is 3. The molecule has 0 amide bonds. The molecule has 31 heavy (non-hydrogen) atoms. The Hall–Kier alpha value is -3.56. The lowest BCUT2D eigenvalue weighted by Crippen LogP contribution is -2.18. The summed E-state index contributed by atoms with van der Waals surface area (Å²) in [5.41, 5.74) is 2.36. The van der Waals surface area contributed by atoms with Crippen LogP contribution in [0.25, 0.3) is 0 Å². The number of aryl methyl sites for hydroxylation is 1. The van der Waals surface area contributed by atoms with Crippen LogP contribution in [0.3, 0.4) is 0 Å². The van der Waals surface area contributed by atoms with Crippen LogP contribution in [0.1, 0.15) is 17.0 Å². The predicted molar refractivity (Wildman–Crippen MR) is 124 cm³/mol. The molecule has 0 spiro atoms. The molecule has 0 radical (unpaired) electrons. The summed E-state index contributed by atoms with van der Waals surface area (Å²) in [6.07, 6.45) is 1.70. The molecule has 1 unspecified atom stereocenters. The number of hydrogen-bond acceptors (Lipinski definition) is 5. The molecule has 1 aromatic heterocycles. The molecule has 0 saturated heterocycles. The molecule has 156 valence electrons. The molecule has 0 aliphatic heterocycles. The first-order valence-electron chi connectivity index (χ1n) is 9.95. The van der Waals surface area contributed by atoms with Gasteiger partial charge in [0.2, 0.25) is 0 Å². The third-order valence-corrected chi connectivity index (χ3v) is 6.59. The Morgan fingerprint density at radius 3 is 1.74 bits per heavy atom. The van der Waals surface area contributed by atoms with Gasteiger partial charge in [-0.15, -0.1) is 0 Å². The van der Waals surface area contributed by atoms with Crippen molar-refractivity contribution in [1.82, 2.24) is 4.98 Å². The Morgan fingerprint density at radius 2 is 1.26 bits per heavy atom. The third-order valence-electron chi connectivity index (χ3n) is 4.60. The van der Waals surface area contributed by atoms with Crippen molar-refractivity contribution in [2.75, 3.05) is 5.32 Å². The van der Waals surface area contributed by atoms with Crippen LogP contribution in [0, 0.1) is 6.92 Å². The first-order valence-corrected chi connectivity index (χ1v) is 11.6. The number of rotatable bonds is 8. The van der Waals surface area contributed by atoms with Crippen LogP contribution in [0.2, 0.25) is 0 Å². The second-order valence-corrected chi connectivity index (χ2v) is 8.96. The number of para-hydroxylation sites is 3. The van der Waals surface area contributed by atoms with Crippen molar-refractivity contribution < 1.29 is 13.6 Å². The summed E-state index contributed by atoms with van der Waals surface area (Å²) < 4.78 is 26.5. The zero-order chi connectivity index (χ0) is 21.5. The van der Waals surface area contributed by atoms with Gasteiger partial charge in [-0.05, 0) is 49.4 Å². The van der Waals surface area contributed by atoms with Gasteiger partial charge in [0.1, 0.15) is 11.5 Å². The first kappa shape index (κ1) is 20.7. The van der Waals surface area contributed by atoms with Gasteiger partial charge in [-0.2, -0.15) is 0 Å². The minimum Gasteiger partial charge on any atom is -0.414 e. The molecule has 0 bridgehead atoms. The molecule has 3 aromatic carbocycles. The molecule has 4 aromatic rings. The fourth-order valence-electron chi connectivity index (χ4n) is 3.06. The van der Waals surface area contributed by atoms with Crippen molar-refractivity contribution in [3.05, 3.63) is 121 Å². The summed E-state index contributed by atoms with van der Waals surface area (Å²) in [6.45, 7) is 1.91. The summed E-state index contributed by atoms with van der Waals surface area (Å²) in [4.78, 5) is 4.40. The van der Waals surface area contributed by atoms with Gasteiger partial charge in [0.15, 0.2) is 5.78 Å². The van der Waals surface area contributed by atoms with E-state index in [9.17, 15) is 4.57 Å². The number of nitrogens with one attached hydrogen (secondary N) is 1. The predicted octanol–water partition coefficient (Wildman–Crippen LogP) is 6.85. The summed E-state index contributed by atoms with van der Waals surface area (Å²) >= 11 is 0. The van der Waals surface area contributed by atoms with Crippen LogP contribution >= 0.6 is 7.60 Å². The Balaban J connectivity index is 1.79. The Labute approximate surface area is 182 Å². The molecular weight excluding hydrogens is 407 g/mol. The maximum atomic E-state index is 14.4. The number of nitrogens with zero attached hydrogens (tertiary/aromatic N) is 1. The van der Waals surface area contributed by atoms with Crippen molar-refractivity contribution in [1.29, 1.82) is 0 Å². The van der Waals surface area contributed by atoms with E-state index in [0.717, 1.165) is 11.4 Å². The van der Waals surface area contributed by atoms with Gasteiger partial charge in [0.05, 0.1) is 0 Å². The van der Waals surface area contributed by atoms with E-state index in [-0.39, 0.29) is 0 Å². The Kier molecular flexibility index (Phi) is 6.34. The first-order chi connectivity index (χ1) is 15.1. The lowest BCUT2D eigenvalue weighted by atomic mass is 10.2. The SMILES string of the molecule is Cc1ccc(C(Nc2ccccc2)P(=O)(Oc2ccccc2)Oc2ccccc2)cn1. The summed E-state index contributed by atoms with van der Waals surface area (Å²) in [7, 11) is -3.83. The number of anilines is 1. The molecule has 0 aliphatic rings. The molecular formula is C25H23N2O3P. The fraction of sp³-hybridized carbons (Fsp3) is 0.0800. The van der Waals surface area contributed by atoms with Crippen LogP contribution < -0.4 is 14.4 Å². The van der Waals surface area contributed by atoms with E-state index in [1.165, 1.54) is 0 Å². The highest BCUT2D eigenvalue weighted by Crippen LogP contribution is 2.60. The lowest BCUT2D eigenvalue weighted by Gasteiger charge is -2.29. The fourth-order valence-corrected chi connectivity index (χ4v) is 4.96. The number of pyridine rings is 1. The Bertz CT molecular complexity index is 1090. The maximum Gasteiger partial charge on any atom is 0.457 e. The highest BCUT2D eigenvalue weighted by atomic mass is 31.2. The van der Waals surface area contributed by atoms with Crippen LogP contribution in [0.5, 0.6) is 11.5 Å². The monoisotopic (exact) mass is 430 g/mol. The molecule has 0 saturated carbocycles. The number of aromatic nitrogens is 1. The molecule has 0 aliphatic carbocycles. The summed E-state index contributed by atoms with van der Waals surface area (Å²) in [6, 6.07) is 31.4. The van der Waals surface area contributed by atoms with E-state index < -0.39 is 13.4 Å². The zero-order valence-corrected chi connectivity index (χ0v) is 18.0. The van der Waals surface area contributed by atoms with Crippen LogP contribution in [-0.4, -0.2) is 4.98 Å². The van der Waals surface area contributed by atoms with Gasteiger partial charge in [-0.3, -0.25) is 4.98 Å². The van der Waals surface area contributed by atoms with Crippen molar-refractivity contribution in [2.45, 2.75) is 12.7 Å². The van der Waals surface area contributed by atoms with Crippen LogP contribution in [0.15, 0.2) is 109 Å². The third kappa shape index (κ3) is 5.33. The average Bonchev–Trinajstić information content (AvgIpc) is 2.80. The molecule has 1 N–H and O–H groups in total. The van der Waals surface area contributed by atoms with E-state index in [2.05, 4.69) is 10.3 Å². The van der Waals surface area contributed by atoms with E-state index in [1.54, 1.807) is 30.5 Å². The van der Waals surface area contributed by atoms with Gasteiger partial charge < -0.3 is 14.4 Å². The summed E-state index contributed by atoms with van der Waals surface area (Å²) in [5, 5.41) is 3.34. The minimum atomic E-state index is -3.83. The molecule has 1 heterocycles. The molecule has 5 nitrogen and oxygen atoms in total. The second-order valence-electron chi connectivity index (χ2n) is 6.99. The quantitative estimate of drug-likeness (QED) is 0.310. The van der Waals surface area contributed by atoms with Gasteiger partial charge in [-0.1, -0.05) is 60.7 Å². The lowest BCUT2D eigenvalue weighted by molar-refractivity contribution is 0.376. The highest BCUT2D eigenvalue weighted by Gasteiger charge is 2.41. The average molecular weight is 430 g/mol. The molecule has 0 fully saturated rings. The molecule has 6 heteroatoms. The van der Waals surface area contributed by atoms with Gasteiger partial charge in [-0.25, -0.2) is 4.57 Å². The van der Waals surface area contributed by atoms with Crippen LogP contribution in [-0.2, 0) is 4.57 Å². The van der Waals surface area contributed by atoms with Crippen molar-refractivity contribution in [3.63, 3.8) is 0 Å². The minimum absolute atomic E-state index is 0.460. The van der Waals surface area contributed by atoms with Gasteiger partial charge in [0, 0.05) is 23.1 Å². The highest BCUT2D eigenvalue weighted by molar-refractivity contribution is 7.55. The van der Waals surface area contributed by atoms with E-state index in [0.29, 0.717) is 17.1 Å². The summed E-state index contributed by atoms with van der Waals surface area (Å²) in [5.74, 6) is 0.131. The van der Waals surface area contributed by atoms with E-state index >= 15 is 0 Å². The van der Waals surface area contributed by atoms with Crippen LogP contribution in [0.4, 0.5) is 5.69 Å². The standard InChI is InChI=1S/C25H23N2O3P/c1-20-17-18-21(19-26-20)25(27-22-11-5-2-6-12-22)31(28,29-23-13-7-3-8-14-23)30-24-15-9-4-10-16-24/h2-19,25,27H,1H3. The molecule has 1 atom stereocenters. The van der Waals surface area contributed by atoms with Crippen molar-refractivity contribution >= 4 is 13.3 Å². The van der Waals surface area contributed by atoms with Gasteiger partial charge in [0.25, 0.3) is 0 Å². The maximum absolute atomic E-state index is 14.4. The normalized spacial score (nSPS) is 12.0. The second kappa shape index (κ2) is 9.50. The topological polar surface area (TPSA) is 60.5 Å².